The molecule has 18 heavy (non-hydrogen) atoms. The molecule has 0 saturated carbocycles. The van der Waals surface area contributed by atoms with E-state index >= 15 is 0 Å². The molecular formula is C12H20N4OS. The van der Waals surface area contributed by atoms with Crippen molar-refractivity contribution in [2.45, 2.75) is 19.0 Å². The van der Waals surface area contributed by atoms with Crippen molar-refractivity contribution < 1.29 is 4.74 Å². The zero-order valence-corrected chi connectivity index (χ0v) is 11.4. The van der Waals surface area contributed by atoms with Crippen molar-refractivity contribution in [3.8, 4) is 0 Å². The first-order chi connectivity index (χ1) is 8.81. The van der Waals surface area contributed by atoms with Gasteiger partial charge in [-0.1, -0.05) is 0 Å². The molecule has 2 aliphatic heterocycles. The highest BCUT2D eigenvalue weighted by molar-refractivity contribution is 7.13. The third-order valence-electron chi connectivity index (χ3n) is 3.76. The minimum atomic E-state index is 0.675. The Morgan fingerprint density at radius 3 is 2.94 bits per heavy atom. The van der Waals surface area contributed by atoms with E-state index in [9.17, 15) is 0 Å². The summed E-state index contributed by atoms with van der Waals surface area (Å²) in [6.07, 6.45) is 1.26. The van der Waals surface area contributed by atoms with Crippen molar-refractivity contribution in [2.75, 3.05) is 45.1 Å². The minimum Gasteiger partial charge on any atom is -0.379 e. The zero-order valence-electron chi connectivity index (χ0n) is 10.5. The van der Waals surface area contributed by atoms with Crippen molar-refractivity contribution in [3.05, 3.63) is 11.1 Å². The van der Waals surface area contributed by atoms with Gasteiger partial charge in [0.25, 0.3) is 0 Å². The molecular weight excluding hydrogens is 248 g/mol. The molecule has 2 saturated heterocycles. The second-order valence-corrected chi connectivity index (χ2v) is 5.89. The number of nitrogen functional groups attached to an aromatic ring is 1. The molecule has 2 N–H and O–H groups in total. The monoisotopic (exact) mass is 268 g/mol. The third-order valence-corrected chi connectivity index (χ3v) is 4.49. The summed E-state index contributed by atoms with van der Waals surface area (Å²) in [6.45, 7) is 7.20. The van der Waals surface area contributed by atoms with Crippen LogP contribution >= 0.6 is 11.3 Å². The van der Waals surface area contributed by atoms with Gasteiger partial charge in [0, 0.05) is 44.1 Å². The lowest BCUT2D eigenvalue weighted by Crippen LogP contribution is -2.44. The van der Waals surface area contributed by atoms with Crippen LogP contribution in [0.5, 0.6) is 0 Å². The van der Waals surface area contributed by atoms with Gasteiger partial charge in [-0.25, -0.2) is 4.98 Å². The van der Waals surface area contributed by atoms with Crippen LogP contribution in [0.4, 0.5) is 5.13 Å². The van der Waals surface area contributed by atoms with Crippen molar-refractivity contribution in [2.24, 2.45) is 0 Å². The first-order valence-corrected chi connectivity index (χ1v) is 7.43. The van der Waals surface area contributed by atoms with E-state index in [4.69, 9.17) is 10.5 Å². The Morgan fingerprint density at radius 1 is 1.39 bits per heavy atom. The fourth-order valence-corrected chi connectivity index (χ4v) is 3.37. The van der Waals surface area contributed by atoms with Gasteiger partial charge >= 0.3 is 0 Å². The number of rotatable bonds is 3. The van der Waals surface area contributed by atoms with Crippen LogP contribution in [-0.2, 0) is 11.3 Å². The first-order valence-electron chi connectivity index (χ1n) is 6.55. The van der Waals surface area contributed by atoms with Crippen molar-refractivity contribution in [1.82, 2.24) is 14.8 Å². The van der Waals surface area contributed by atoms with Crippen LogP contribution in [0.25, 0.3) is 0 Å². The summed E-state index contributed by atoms with van der Waals surface area (Å²) in [6, 6.07) is 0.699. The van der Waals surface area contributed by atoms with Crippen LogP contribution in [0, 0.1) is 0 Å². The summed E-state index contributed by atoms with van der Waals surface area (Å²) < 4.78 is 5.41. The molecule has 2 fully saturated rings. The Balaban J connectivity index is 1.51. The Labute approximate surface area is 112 Å². The average Bonchev–Trinajstić information content (AvgIpc) is 3.01. The van der Waals surface area contributed by atoms with Gasteiger partial charge in [-0.3, -0.25) is 9.80 Å². The fourth-order valence-electron chi connectivity index (χ4n) is 2.82. The van der Waals surface area contributed by atoms with Gasteiger partial charge in [0.1, 0.15) is 0 Å². The van der Waals surface area contributed by atoms with E-state index < -0.39 is 0 Å². The predicted octanol–water partition coefficient (Wildman–Crippen LogP) is 0.632. The van der Waals surface area contributed by atoms with E-state index in [1.54, 1.807) is 0 Å². The van der Waals surface area contributed by atoms with Gasteiger partial charge in [0.15, 0.2) is 5.13 Å². The Kier molecular flexibility index (Phi) is 3.79. The maximum atomic E-state index is 5.66. The molecule has 1 aromatic heterocycles. The lowest BCUT2D eigenvalue weighted by molar-refractivity contribution is 0.0183. The average molecular weight is 268 g/mol. The molecule has 3 heterocycles. The number of likely N-dealkylation sites (tertiary alicyclic amines) is 1. The molecule has 100 valence electrons. The molecule has 0 amide bonds. The molecule has 6 heteroatoms. The normalized spacial score (nSPS) is 26.8. The van der Waals surface area contributed by atoms with E-state index in [1.807, 2.05) is 0 Å². The first kappa shape index (κ1) is 12.3. The number of nitrogens with two attached hydrogens (primary N) is 1. The van der Waals surface area contributed by atoms with Gasteiger partial charge in [0.05, 0.1) is 18.9 Å². The third kappa shape index (κ3) is 2.83. The number of hydrogen-bond donors (Lipinski definition) is 1. The summed E-state index contributed by atoms with van der Waals surface area (Å²) >= 11 is 1.53. The number of aromatic nitrogens is 1. The van der Waals surface area contributed by atoms with Crippen LogP contribution in [0.2, 0.25) is 0 Å². The largest absolute Gasteiger partial charge is 0.379 e. The van der Waals surface area contributed by atoms with Gasteiger partial charge < -0.3 is 10.5 Å². The van der Waals surface area contributed by atoms with Crippen LogP contribution < -0.4 is 5.73 Å². The number of nitrogens with zero attached hydrogens (tertiary/aromatic N) is 3. The highest BCUT2D eigenvalue weighted by Crippen LogP contribution is 2.20. The number of ether oxygens (including phenoxy) is 1. The van der Waals surface area contributed by atoms with Gasteiger partial charge in [-0.15, -0.1) is 11.3 Å². The Hall–Kier alpha value is -0.690. The van der Waals surface area contributed by atoms with Gasteiger partial charge in [-0.05, 0) is 6.42 Å². The molecule has 0 bridgehead atoms. The number of anilines is 1. The van der Waals surface area contributed by atoms with E-state index in [0.717, 1.165) is 45.1 Å². The van der Waals surface area contributed by atoms with E-state index in [2.05, 4.69) is 20.2 Å². The molecule has 3 rings (SSSR count). The molecule has 5 nitrogen and oxygen atoms in total. The van der Waals surface area contributed by atoms with Crippen LogP contribution in [0.1, 0.15) is 12.1 Å². The van der Waals surface area contributed by atoms with Crippen molar-refractivity contribution in [1.29, 1.82) is 0 Å². The number of hydrogen-bond acceptors (Lipinski definition) is 6. The van der Waals surface area contributed by atoms with Gasteiger partial charge in [0.2, 0.25) is 0 Å². The second kappa shape index (κ2) is 5.52. The van der Waals surface area contributed by atoms with Crippen LogP contribution in [0.15, 0.2) is 5.38 Å². The van der Waals surface area contributed by atoms with Gasteiger partial charge in [-0.2, -0.15) is 0 Å². The highest BCUT2D eigenvalue weighted by Gasteiger charge is 2.28. The maximum Gasteiger partial charge on any atom is 0.180 e. The molecule has 1 aromatic rings. The Morgan fingerprint density at radius 2 is 2.22 bits per heavy atom. The van der Waals surface area contributed by atoms with Crippen molar-refractivity contribution in [3.63, 3.8) is 0 Å². The fraction of sp³-hybridized carbons (Fsp3) is 0.750. The molecule has 0 aliphatic carbocycles. The summed E-state index contributed by atoms with van der Waals surface area (Å²) in [5, 5.41) is 2.74. The molecule has 1 atom stereocenters. The SMILES string of the molecule is Nc1nc(CN2CCC(N3CCOCC3)C2)cs1. The highest BCUT2D eigenvalue weighted by atomic mass is 32.1. The Bertz CT molecular complexity index is 391. The van der Waals surface area contributed by atoms with E-state index in [1.165, 1.54) is 24.3 Å². The smallest absolute Gasteiger partial charge is 0.180 e. The molecule has 0 spiro atoms. The molecule has 0 radical (unpaired) electrons. The van der Waals surface area contributed by atoms with E-state index in [0.29, 0.717) is 11.2 Å². The topological polar surface area (TPSA) is 54.6 Å². The summed E-state index contributed by atoms with van der Waals surface area (Å²) in [5.74, 6) is 0. The van der Waals surface area contributed by atoms with Crippen LogP contribution in [0.3, 0.4) is 0 Å². The predicted molar refractivity (Wildman–Crippen MR) is 72.6 cm³/mol. The van der Waals surface area contributed by atoms with Crippen molar-refractivity contribution >= 4 is 16.5 Å². The minimum absolute atomic E-state index is 0.675. The second-order valence-electron chi connectivity index (χ2n) is 5.00. The molecule has 2 aliphatic rings. The summed E-state index contributed by atoms with van der Waals surface area (Å²) in [4.78, 5) is 9.38. The molecule has 0 aromatic carbocycles. The maximum absolute atomic E-state index is 5.66. The number of thiazole rings is 1. The molecule has 1 unspecified atom stereocenters. The lowest BCUT2D eigenvalue weighted by Gasteiger charge is -2.32. The quantitative estimate of drug-likeness (QED) is 0.871. The number of morpholine rings is 1. The standard InChI is InChI=1S/C12H20N4OS/c13-12-14-10(9-18-12)7-15-2-1-11(8-15)16-3-5-17-6-4-16/h9,11H,1-8H2,(H2,13,14). The zero-order chi connectivity index (χ0) is 12.4. The van der Waals surface area contributed by atoms with Crippen LogP contribution in [-0.4, -0.2) is 60.2 Å². The summed E-state index contributed by atoms with van der Waals surface area (Å²) in [7, 11) is 0. The summed E-state index contributed by atoms with van der Waals surface area (Å²) in [5.41, 5.74) is 6.78. The van der Waals surface area contributed by atoms with E-state index in [-0.39, 0.29) is 0 Å². The lowest BCUT2D eigenvalue weighted by atomic mass is 10.2.